The number of methoxy groups -OCH3 is 1. The first-order valence-corrected chi connectivity index (χ1v) is 7.83. The van der Waals surface area contributed by atoms with Crippen molar-refractivity contribution in [2.75, 3.05) is 7.11 Å². The van der Waals surface area contributed by atoms with E-state index in [9.17, 15) is 9.90 Å². The van der Waals surface area contributed by atoms with Gasteiger partial charge in [0, 0.05) is 5.56 Å². The van der Waals surface area contributed by atoms with Crippen molar-refractivity contribution in [2.45, 2.75) is 6.42 Å². The van der Waals surface area contributed by atoms with Gasteiger partial charge in [-0.25, -0.2) is 5.43 Å². The molecule has 0 saturated carbocycles. The summed E-state index contributed by atoms with van der Waals surface area (Å²) in [5, 5.41) is 15.9. The number of ether oxygens (including phenoxy) is 1. The van der Waals surface area contributed by atoms with Gasteiger partial charge >= 0.3 is 0 Å². The zero-order valence-electron chi connectivity index (χ0n) is 13.8. The average molecular weight is 334 g/mol. The quantitative estimate of drug-likeness (QED) is 0.556. The van der Waals surface area contributed by atoms with Crippen molar-refractivity contribution in [3.05, 3.63) is 71.8 Å². The van der Waals surface area contributed by atoms with Crippen LogP contribution in [0.2, 0.25) is 0 Å². The van der Waals surface area contributed by atoms with Gasteiger partial charge in [0.1, 0.15) is 11.5 Å². The zero-order valence-corrected chi connectivity index (χ0v) is 13.8. The zero-order chi connectivity index (χ0) is 17.6. The van der Waals surface area contributed by atoms with Gasteiger partial charge in [0.2, 0.25) is 5.91 Å². The molecule has 126 valence electrons. The molecule has 5 nitrogen and oxygen atoms in total. The number of phenolic OH excluding ortho intramolecular Hbond substituents is 1. The number of hydrazone groups is 1. The molecule has 3 aromatic rings. The molecule has 0 saturated heterocycles. The van der Waals surface area contributed by atoms with E-state index in [2.05, 4.69) is 10.5 Å². The monoisotopic (exact) mass is 334 g/mol. The average Bonchev–Trinajstić information content (AvgIpc) is 2.64. The van der Waals surface area contributed by atoms with E-state index in [0.29, 0.717) is 5.56 Å². The first kappa shape index (κ1) is 16.5. The fraction of sp³-hybridized carbons (Fsp3) is 0.100. The largest absolute Gasteiger partial charge is 0.507 e. The second-order valence-electron chi connectivity index (χ2n) is 5.54. The number of carbonyl (C=O) groups is 1. The molecule has 0 aliphatic heterocycles. The molecule has 0 radical (unpaired) electrons. The van der Waals surface area contributed by atoms with Crippen molar-refractivity contribution < 1.29 is 14.6 Å². The van der Waals surface area contributed by atoms with Gasteiger partial charge in [0.15, 0.2) is 0 Å². The van der Waals surface area contributed by atoms with E-state index in [-0.39, 0.29) is 18.1 Å². The number of nitrogens with zero attached hydrogens (tertiary/aromatic N) is 1. The van der Waals surface area contributed by atoms with Gasteiger partial charge in [0.05, 0.1) is 19.7 Å². The summed E-state index contributed by atoms with van der Waals surface area (Å²) < 4.78 is 5.09. The summed E-state index contributed by atoms with van der Waals surface area (Å²) in [7, 11) is 1.60. The second kappa shape index (κ2) is 7.49. The number of aromatic hydroxyl groups is 1. The lowest BCUT2D eigenvalue weighted by Gasteiger charge is -2.05. The van der Waals surface area contributed by atoms with E-state index in [0.717, 1.165) is 22.1 Å². The molecular weight excluding hydrogens is 316 g/mol. The molecular formula is C20H18N2O3. The molecule has 0 aliphatic carbocycles. The first-order valence-electron chi connectivity index (χ1n) is 7.83. The van der Waals surface area contributed by atoms with Crippen LogP contribution in [-0.2, 0) is 11.2 Å². The van der Waals surface area contributed by atoms with Gasteiger partial charge in [-0.15, -0.1) is 0 Å². The minimum Gasteiger partial charge on any atom is -0.507 e. The van der Waals surface area contributed by atoms with E-state index < -0.39 is 0 Å². The molecule has 5 heteroatoms. The summed E-state index contributed by atoms with van der Waals surface area (Å²) in [4.78, 5) is 12.0. The minimum absolute atomic E-state index is 0.117. The molecule has 3 rings (SSSR count). The van der Waals surface area contributed by atoms with Crippen molar-refractivity contribution in [1.82, 2.24) is 5.43 Å². The third kappa shape index (κ3) is 3.95. The smallest absolute Gasteiger partial charge is 0.244 e. The fourth-order valence-electron chi connectivity index (χ4n) is 2.56. The van der Waals surface area contributed by atoms with Gasteiger partial charge in [-0.05, 0) is 34.5 Å². The maximum Gasteiger partial charge on any atom is 0.244 e. The summed E-state index contributed by atoms with van der Waals surface area (Å²) >= 11 is 0. The second-order valence-corrected chi connectivity index (χ2v) is 5.54. The molecule has 0 spiro atoms. The number of nitrogens with one attached hydrogen (secondary N) is 1. The highest BCUT2D eigenvalue weighted by Crippen LogP contribution is 2.25. The Balaban J connectivity index is 1.68. The predicted molar refractivity (Wildman–Crippen MR) is 98.0 cm³/mol. The Morgan fingerprint density at radius 1 is 1.12 bits per heavy atom. The van der Waals surface area contributed by atoms with Crippen LogP contribution < -0.4 is 10.2 Å². The topological polar surface area (TPSA) is 70.9 Å². The van der Waals surface area contributed by atoms with E-state index >= 15 is 0 Å². The Labute approximate surface area is 145 Å². The van der Waals surface area contributed by atoms with Crippen molar-refractivity contribution >= 4 is 22.9 Å². The van der Waals surface area contributed by atoms with Crippen LogP contribution in [0.5, 0.6) is 11.5 Å². The van der Waals surface area contributed by atoms with Crippen LogP contribution in [0.3, 0.4) is 0 Å². The molecule has 0 bridgehead atoms. The summed E-state index contributed by atoms with van der Waals surface area (Å²) in [6.07, 6.45) is 1.67. The molecule has 1 amide bonds. The highest BCUT2D eigenvalue weighted by molar-refractivity contribution is 6.02. The maximum atomic E-state index is 12.0. The normalized spacial score (nSPS) is 10.9. The van der Waals surface area contributed by atoms with Gasteiger partial charge < -0.3 is 9.84 Å². The number of phenols is 1. The molecule has 0 atom stereocenters. The van der Waals surface area contributed by atoms with Gasteiger partial charge in [-0.2, -0.15) is 5.10 Å². The lowest BCUT2D eigenvalue weighted by molar-refractivity contribution is -0.120. The molecule has 3 aromatic carbocycles. The third-order valence-corrected chi connectivity index (χ3v) is 3.85. The van der Waals surface area contributed by atoms with Crippen molar-refractivity contribution in [3.8, 4) is 11.5 Å². The van der Waals surface area contributed by atoms with Crippen LogP contribution in [0.15, 0.2) is 65.8 Å². The van der Waals surface area contributed by atoms with Crippen LogP contribution in [0.1, 0.15) is 11.1 Å². The molecule has 0 aromatic heterocycles. The van der Waals surface area contributed by atoms with Gasteiger partial charge in [0.25, 0.3) is 0 Å². The molecule has 0 aliphatic rings. The number of hydrogen-bond acceptors (Lipinski definition) is 4. The van der Waals surface area contributed by atoms with Crippen LogP contribution in [0.4, 0.5) is 0 Å². The number of rotatable bonds is 5. The van der Waals surface area contributed by atoms with Crippen molar-refractivity contribution in [1.29, 1.82) is 0 Å². The number of benzene rings is 3. The molecule has 0 heterocycles. The molecule has 0 unspecified atom stereocenters. The Hall–Kier alpha value is -3.34. The van der Waals surface area contributed by atoms with Crippen molar-refractivity contribution in [3.63, 3.8) is 0 Å². The van der Waals surface area contributed by atoms with Crippen molar-refractivity contribution in [2.24, 2.45) is 5.10 Å². The molecule has 25 heavy (non-hydrogen) atoms. The Bertz CT molecular complexity index is 918. The van der Waals surface area contributed by atoms with E-state index in [1.54, 1.807) is 25.3 Å². The minimum atomic E-state index is -0.235. The van der Waals surface area contributed by atoms with E-state index in [1.807, 2.05) is 42.5 Å². The van der Waals surface area contributed by atoms with E-state index in [4.69, 9.17) is 4.74 Å². The number of carbonyl (C=O) groups excluding carboxylic acids is 1. The van der Waals surface area contributed by atoms with Gasteiger partial charge in [-0.1, -0.05) is 42.5 Å². The van der Waals surface area contributed by atoms with Gasteiger partial charge in [-0.3, -0.25) is 4.79 Å². The Morgan fingerprint density at radius 2 is 1.88 bits per heavy atom. The molecule has 0 fully saturated rings. The Kier molecular flexibility index (Phi) is 4.95. The summed E-state index contributed by atoms with van der Waals surface area (Å²) in [6, 6.07) is 18.4. The Morgan fingerprint density at radius 3 is 2.64 bits per heavy atom. The maximum absolute atomic E-state index is 12.0. The van der Waals surface area contributed by atoms with Crippen LogP contribution >= 0.6 is 0 Å². The lowest BCUT2D eigenvalue weighted by atomic mass is 10.0. The summed E-state index contributed by atoms with van der Waals surface area (Å²) in [5.74, 6) is 0.626. The van der Waals surface area contributed by atoms with E-state index in [1.165, 1.54) is 6.21 Å². The summed E-state index contributed by atoms with van der Waals surface area (Å²) in [5.41, 5.74) is 3.92. The first-order chi connectivity index (χ1) is 12.2. The summed E-state index contributed by atoms with van der Waals surface area (Å²) in [6.45, 7) is 0. The van der Waals surface area contributed by atoms with Crippen LogP contribution in [-0.4, -0.2) is 24.3 Å². The lowest BCUT2D eigenvalue weighted by Crippen LogP contribution is -2.19. The number of fused-ring (bicyclic) bond motifs is 1. The number of amides is 1. The number of hydrogen-bond donors (Lipinski definition) is 2. The molecule has 2 N–H and O–H groups in total. The third-order valence-electron chi connectivity index (χ3n) is 3.85. The predicted octanol–water partition coefficient (Wildman–Crippen LogP) is 3.25. The SMILES string of the molecule is COc1ccc(CC(=O)NN=Cc2c(O)ccc3ccccc23)cc1. The fourth-order valence-corrected chi connectivity index (χ4v) is 2.56. The highest BCUT2D eigenvalue weighted by Gasteiger charge is 2.05. The highest BCUT2D eigenvalue weighted by atomic mass is 16.5. The standard InChI is InChI=1S/C20H18N2O3/c1-25-16-9-6-14(7-10-16)12-20(24)22-21-13-18-17-5-3-2-4-15(17)8-11-19(18)23/h2-11,13,23H,12H2,1H3,(H,22,24). The van der Waals surface area contributed by atoms with Crippen LogP contribution in [0, 0.1) is 0 Å². The van der Waals surface area contributed by atoms with Crippen LogP contribution in [0.25, 0.3) is 10.8 Å².